The fraction of sp³-hybridized carbons (Fsp3) is 0.571. The fourth-order valence-electron chi connectivity index (χ4n) is 2.17. The van der Waals surface area contributed by atoms with Crippen molar-refractivity contribution in [1.82, 2.24) is 19.8 Å². The number of carbonyl (C=O) groups is 2. The number of aromatic nitrogens is 2. The van der Waals surface area contributed by atoms with Gasteiger partial charge in [0.2, 0.25) is 5.91 Å². The van der Waals surface area contributed by atoms with Crippen molar-refractivity contribution >= 4 is 17.6 Å². The summed E-state index contributed by atoms with van der Waals surface area (Å²) in [7, 11) is 0. The lowest BCUT2D eigenvalue weighted by atomic mass is 10.3. The van der Waals surface area contributed by atoms with E-state index in [2.05, 4.69) is 22.2 Å². The molecule has 7 nitrogen and oxygen atoms in total. The maximum atomic E-state index is 12.3. The Hall–Kier alpha value is -2.18. The number of anilines is 1. The molecule has 0 atom stereocenters. The highest BCUT2D eigenvalue weighted by Gasteiger charge is 2.24. The molecule has 2 amide bonds. The van der Waals surface area contributed by atoms with Crippen LogP contribution >= 0.6 is 0 Å². The summed E-state index contributed by atoms with van der Waals surface area (Å²) in [5.74, 6) is 0.593. The molecule has 1 fully saturated rings. The molecule has 21 heavy (non-hydrogen) atoms. The van der Waals surface area contributed by atoms with Crippen molar-refractivity contribution < 1.29 is 9.59 Å². The van der Waals surface area contributed by atoms with Crippen LogP contribution in [0.15, 0.2) is 12.4 Å². The van der Waals surface area contributed by atoms with E-state index < -0.39 is 0 Å². The Labute approximate surface area is 124 Å². The first-order chi connectivity index (χ1) is 10.1. The van der Waals surface area contributed by atoms with Crippen molar-refractivity contribution in [2.75, 3.05) is 38.0 Å². The zero-order valence-electron chi connectivity index (χ0n) is 12.5. The van der Waals surface area contributed by atoms with Crippen molar-refractivity contribution in [2.24, 2.45) is 0 Å². The van der Waals surface area contributed by atoms with Crippen LogP contribution in [0, 0.1) is 0 Å². The van der Waals surface area contributed by atoms with Crippen LogP contribution in [-0.2, 0) is 4.79 Å². The van der Waals surface area contributed by atoms with Crippen LogP contribution in [0.5, 0.6) is 0 Å². The summed E-state index contributed by atoms with van der Waals surface area (Å²) in [6, 6.07) is 0. The summed E-state index contributed by atoms with van der Waals surface area (Å²) in [4.78, 5) is 35.4. The predicted octanol–water partition coefficient (Wildman–Crippen LogP) is 0.603. The summed E-state index contributed by atoms with van der Waals surface area (Å²) in [6.45, 7) is 6.67. The monoisotopic (exact) mass is 291 g/mol. The molecule has 0 radical (unpaired) electrons. The first-order valence-corrected chi connectivity index (χ1v) is 7.22. The number of amides is 2. The topological polar surface area (TPSA) is 78.4 Å². The van der Waals surface area contributed by atoms with E-state index in [0.717, 1.165) is 13.0 Å². The van der Waals surface area contributed by atoms with Gasteiger partial charge in [0, 0.05) is 39.6 Å². The zero-order chi connectivity index (χ0) is 15.2. The lowest BCUT2D eigenvalue weighted by Gasteiger charge is -2.33. The highest BCUT2D eigenvalue weighted by Crippen LogP contribution is 2.08. The van der Waals surface area contributed by atoms with Crippen molar-refractivity contribution in [3.05, 3.63) is 18.1 Å². The van der Waals surface area contributed by atoms with Gasteiger partial charge in [-0.05, 0) is 6.42 Å². The van der Waals surface area contributed by atoms with Gasteiger partial charge in [-0.15, -0.1) is 0 Å². The quantitative estimate of drug-likeness (QED) is 0.879. The molecule has 114 valence electrons. The zero-order valence-corrected chi connectivity index (χ0v) is 12.5. The lowest BCUT2D eigenvalue weighted by Crippen LogP contribution is -2.50. The molecule has 2 rings (SSSR count). The molecule has 7 heteroatoms. The van der Waals surface area contributed by atoms with Crippen LogP contribution in [0.2, 0.25) is 0 Å². The molecule has 1 aromatic rings. The minimum atomic E-state index is -0.132. The summed E-state index contributed by atoms with van der Waals surface area (Å²) in [5, 5.41) is 3.12. The molecule has 0 aliphatic carbocycles. The van der Waals surface area contributed by atoms with E-state index in [9.17, 15) is 9.59 Å². The molecular weight excluding hydrogens is 270 g/mol. The van der Waals surface area contributed by atoms with Crippen LogP contribution < -0.4 is 5.32 Å². The van der Waals surface area contributed by atoms with E-state index in [1.807, 2.05) is 0 Å². The maximum absolute atomic E-state index is 12.3. The van der Waals surface area contributed by atoms with Gasteiger partial charge in [-0.2, -0.15) is 0 Å². The maximum Gasteiger partial charge on any atom is 0.274 e. The number of piperazine rings is 1. The molecule has 2 heterocycles. The van der Waals surface area contributed by atoms with E-state index >= 15 is 0 Å². The predicted molar refractivity (Wildman–Crippen MR) is 79.0 cm³/mol. The van der Waals surface area contributed by atoms with Crippen molar-refractivity contribution in [3.8, 4) is 0 Å². The van der Waals surface area contributed by atoms with Crippen molar-refractivity contribution in [1.29, 1.82) is 0 Å². The van der Waals surface area contributed by atoms with Gasteiger partial charge < -0.3 is 15.1 Å². The van der Waals surface area contributed by atoms with Gasteiger partial charge in [0.05, 0.1) is 12.4 Å². The standard InChI is InChI=1S/C14H21N5O2/c1-3-4-15-13-10-16-12(9-17-13)14(21)19-7-5-18(6-8-19)11(2)20/h9-10H,3-8H2,1-2H3,(H,15,17). The van der Waals surface area contributed by atoms with Crippen LogP contribution in [0.25, 0.3) is 0 Å². The Kier molecular flexibility index (Phi) is 5.08. The normalized spacial score (nSPS) is 15.0. The third kappa shape index (κ3) is 3.90. The Bertz CT molecular complexity index is 495. The van der Waals surface area contributed by atoms with E-state index in [1.54, 1.807) is 22.9 Å². The molecule has 1 saturated heterocycles. The van der Waals surface area contributed by atoms with Crippen LogP contribution in [0.1, 0.15) is 30.8 Å². The summed E-state index contributed by atoms with van der Waals surface area (Å²) >= 11 is 0. The second kappa shape index (κ2) is 7.01. The molecule has 1 N–H and O–H groups in total. The van der Waals surface area contributed by atoms with Crippen molar-refractivity contribution in [2.45, 2.75) is 20.3 Å². The molecule has 0 saturated carbocycles. The Balaban J connectivity index is 1.93. The molecular formula is C14H21N5O2. The second-order valence-corrected chi connectivity index (χ2v) is 5.01. The number of carbonyl (C=O) groups excluding carboxylic acids is 2. The smallest absolute Gasteiger partial charge is 0.274 e. The Morgan fingerprint density at radius 1 is 1.14 bits per heavy atom. The minimum Gasteiger partial charge on any atom is -0.369 e. The highest BCUT2D eigenvalue weighted by molar-refractivity contribution is 5.92. The first-order valence-electron chi connectivity index (χ1n) is 7.22. The molecule has 1 aliphatic heterocycles. The number of hydrogen-bond acceptors (Lipinski definition) is 5. The Morgan fingerprint density at radius 3 is 2.33 bits per heavy atom. The van der Waals surface area contributed by atoms with Crippen LogP contribution in [0.4, 0.5) is 5.82 Å². The number of hydrogen-bond donors (Lipinski definition) is 1. The molecule has 0 unspecified atom stereocenters. The molecule has 1 aromatic heterocycles. The largest absolute Gasteiger partial charge is 0.369 e. The van der Waals surface area contributed by atoms with Gasteiger partial charge in [-0.3, -0.25) is 9.59 Å². The van der Waals surface area contributed by atoms with E-state index in [-0.39, 0.29) is 11.8 Å². The Morgan fingerprint density at radius 2 is 1.81 bits per heavy atom. The van der Waals surface area contributed by atoms with E-state index in [0.29, 0.717) is 37.7 Å². The van der Waals surface area contributed by atoms with E-state index in [4.69, 9.17) is 0 Å². The molecule has 0 spiro atoms. The summed E-state index contributed by atoms with van der Waals surface area (Å²) in [6.07, 6.45) is 4.08. The minimum absolute atomic E-state index is 0.0493. The second-order valence-electron chi connectivity index (χ2n) is 5.01. The van der Waals surface area contributed by atoms with Crippen molar-refractivity contribution in [3.63, 3.8) is 0 Å². The van der Waals surface area contributed by atoms with Crippen LogP contribution in [0.3, 0.4) is 0 Å². The third-order valence-electron chi connectivity index (χ3n) is 3.44. The highest BCUT2D eigenvalue weighted by atomic mass is 16.2. The molecule has 0 bridgehead atoms. The van der Waals surface area contributed by atoms with Gasteiger partial charge in [-0.1, -0.05) is 6.92 Å². The van der Waals surface area contributed by atoms with Gasteiger partial charge in [-0.25, -0.2) is 9.97 Å². The molecule has 0 aromatic carbocycles. The van der Waals surface area contributed by atoms with Gasteiger partial charge in [0.25, 0.3) is 5.91 Å². The number of rotatable bonds is 4. The number of nitrogens with one attached hydrogen (secondary N) is 1. The summed E-state index contributed by atoms with van der Waals surface area (Å²) in [5.41, 5.74) is 0.341. The number of nitrogens with zero attached hydrogens (tertiary/aromatic N) is 4. The van der Waals surface area contributed by atoms with Gasteiger partial charge in [0.1, 0.15) is 11.5 Å². The third-order valence-corrected chi connectivity index (χ3v) is 3.44. The molecule has 1 aliphatic rings. The SMILES string of the molecule is CCCNc1cnc(C(=O)N2CCN(C(C)=O)CC2)cn1. The van der Waals surface area contributed by atoms with Gasteiger partial charge >= 0.3 is 0 Å². The summed E-state index contributed by atoms with van der Waals surface area (Å²) < 4.78 is 0. The lowest BCUT2D eigenvalue weighted by molar-refractivity contribution is -0.130. The average molecular weight is 291 g/mol. The van der Waals surface area contributed by atoms with E-state index in [1.165, 1.54) is 6.20 Å². The average Bonchev–Trinajstić information content (AvgIpc) is 2.53. The fourth-order valence-corrected chi connectivity index (χ4v) is 2.17. The van der Waals surface area contributed by atoms with Crippen LogP contribution in [-0.4, -0.2) is 64.3 Å². The first kappa shape index (κ1) is 15.2. The van der Waals surface area contributed by atoms with Gasteiger partial charge in [0.15, 0.2) is 0 Å².